The van der Waals surface area contributed by atoms with Crippen LogP contribution in [0.5, 0.6) is 0 Å². The van der Waals surface area contributed by atoms with Crippen molar-refractivity contribution in [3.05, 3.63) is 72.8 Å². The third-order valence-corrected chi connectivity index (χ3v) is 12.3. The van der Waals surface area contributed by atoms with E-state index < -0.39 is 60.1 Å². The van der Waals surface area contributed by atoms with Crippen molar-refractivity contribution in [2.75, 3.05) is 0 Å². The molecule has 5 heterocycles. The predicted molar refractivity (Wildman–Crippen MR) is 199 cm³/mol. The Morgan fingerprint density at radius 3 is 0.965 bits per heavy atom. The zero-order valence-electron chi connectivity index (χ0n) is 27.8. The third-order valence-electron chi connectivity index (χ3n) is 8.91. The zero-order chi connectivity index (χ0) is 39.7. The number of fused-ring (bicyclic) bond motifs is 20. The van der Waals surface area contributed by atoms with E-state index in [1.807, 2.05) is 0 Å². The van der Waals surface area contributed by atoms with E-state index in [-0.39, 0.29) is 95.2 Å². The number of rotatable bonds is 4. The van der Waals surface area contributed by atoms with Gasteiger partial charge in [-0.25, -0.2) is 29.9 Å². The summed E-state index contributed by atoms with van der Waals surface area (Å²) in [5.41, 5.74) is 0.408. The third kappa shape index (κ3) is 6.37. The number of hydrogen-bond acceptors (Lipinski definition) is 14. The second-order valence-electron chi connectivity index (χ2n) is 12.3. The van der Waals surface area contributed by atoms with Gasteiger partial charge in [0.25, 0.3) is 40.5 Å². The molecule has 7 aromatic rings. The minimum Gasteiger partial charge on any atom is -0.412 e. The smallest absolute Gasteiger partial charge is 0.294 e. The minimum absolute atomic E-state index is 0. The van der Waals surface area contributed by atoms with Crippen molar-refractivity contribution in [3.63, 3.8) is 0 Å². The Balaban J connectivity index is 0.00000455. The molecule has 0 unspecified atom stereocenters. The molecule has 8 bridgehead atoms. The molecule has 57 heavy (non-hydrogen) atoms. The summed E-state index contributed by atoms with van der Waals surface area (Å²) >= 11 is 0. The van der Waals surface area contributed by atoms with Crippen molar-refractivity contribution in [1.82, 2.24) is 39.9 Å². The van der Waals surface area contributed by atoms with Crippen LogP contribution in [0.3, 0.4) is 0 Å². The molecular weight excluding hydrogens is 833 g/mol. The first kappa shape index (κ1) is 37.7. The molecule has 8 N–H and O–H groups in total. The normalized spacial score (nSPS) is 13.0. The highest BCUT2D eigenvalue weighted by molar-refractivity contribution is 7.86. The molecule has 0 saturated heterocycles. The largest absolute Gasteiger partial charge is 0.412 e. The molecule has 2 aliphatic rings. The van der Waals surface area contributed by atoms with E-state index in [0.29, 0.717) is 0 Å². The van der Waals surface area contributed by atoms with Crippen molar-refractivity contribution < 1.29 is 57.4 Å². The Morgan fingerprint density at radius 1 is 0.351 bits per heavy atom. The Bertz CT molecular complexity index is 3370. The van der Waals surface area contributed by atoms with Crippen LogP contribution >= 0.6 is 0 Å². The molecule has 290 valence electrons. The van der Waals surface area contributed by atoms with E-state index >= 15 is 0 Å². The van der Waals surface area contributed by atoms with Crippen molar-refractivity contribution in [1.29, 1.82) is 0 Å². The first-order valence-electron chi connectivity index (χ1n) is 15.5. The van der Waals surface area contributed by atoms with Gasteiger partial charge in [-0.3, -0.25) is 18.2 Å². The molecule has 2 aliphatic heterocycles. The molecule has 21 nitrogen and oxygen atoms in total. The SMILES string of the molecule is O.O=S(=O)(O)c1ccc2c(c1)-c1nc-2nc2[nH]c(nc3nc(nc4[nH]c(n1)c1ccc(S(=O)(=O)O)cc41)-c1ccc(S(=O)(=O)O)cc1-3)c1ccc(S(=O)(=O)O)cc21. The van der Waals surface area contributed by atoms with Gasteiger partial charge in [0, 0.05) is 43.8 Å². The maximum Gasteiger partial charge on any atom is 0.294 e. The fourth-order valence-electron chi connectivity index (χ4n) is 6.35. The van der Waals surface area contributed by atoms with Crippen LogP contribution in [0.1, 0.15) is 0 Å². The van der Waals surface area contributed by atoms with E-state index in [1.165, 1.54) is 24.3 Å². The first-order valence-corrected chi connectivity index (χ1v) is 21.3. The molecular formula is C32H20N8O13S4. The highest BCUT2D eigenvalue weighted by Gasteiger charge is 2.26. The summed E-state index contributed by atoms with van der Waals surface area (Å²) in [5, 5.41) is 0.655. The molecule has 9 rings (SSSR count). The predicted octanol–water partition coefficient (Wildman–Crippen LogP) is 3.03. The first-order chi connectivity index (χ1) is 26.2. The lowest BCUT2D eigenvalue weighted by molar-refractivity contribution is 0.481. The summed E-state index contributed by atoms with van der Waals surface area (Å²) in [7, 11) is -18.9. The van der Waals surface area contributed by atoms with Gasteiger partial charge in [-0.05, 0) is 72.8 Å². The van der Waals surface area contributed by atoms with Gasteiger partial charge in [-0.1, -0.05) is 0 Å². The van der Waals surface area contributed by atoms with E-state index in [4.69, 9.17) is 0 Å². The highest BCUT2D eigenvalue weighted by atomic mass is 32.2. The van der Waals surface area contributed by atoms with Crippen molar-refractivity contribution in [2.45, 2.75) is 19.6 Å². The summed E-state index contributed by atoms with van der Waals surface area (Å²) in [4.78, 5) is 31.4. The van der Waals surface area contributed by atoms with E-state index in [0.717, 1.165) is 48.5 Å². The summed E-state index contributed by atoms with van der Waals surface area (Å²) in [6.45, 7) is 0. The van der Waals surface area contributed by atoms with Crippen LogP contribution in [-0.2, 0) is 40.5 Å². The Kier molecular flexibility index (Phi) is 8.22. The maximum absolute atomic E-state index is 12.2. The fraction of sp³-hybridized carbons (Fsp3) is 0. The van der Waals surface area contributed by atoms with Crippen LogP contribution in [0.25, 0.3) is 89.7 Å². The van der Waals surface area contributed by atoms with Crippen LogP contribution in [0.2, 0.25) is 0 Å². The van der Waals surface area contributed by atoms with E-state index in [9.17, 15) is 51.9 Å². The summed E-state index contributed by atoms with van der Waals surface area (Å²) < 4.78 is 137. The topological polar surface area (TPSA) is 358 Å². The number of nitrogens with zero attached hydrogens (tertiary/aromatic N) is 6. The van der Waals surface area contributed by atoms with Gasteiger partial charge in [-0.15, -0.1) is 0 Å². The zero-order valence-corrected chi connectivity index (χ0v) is 31.1. The summed E-state index contributed by atoms with van der Waals surface area (Å²) in [6, 6.07) is 14.0. The maximum atomic E-state index is 12.2. The van der Waals surface area contributed by atoms with Gasteiger partial charge in [0.2, 0.25) is 0 Å². The lowest BCUT2D eigenvalue weighted by atomic mass is 10.1. The van der Waals surface area contributed by atoms with Crippen LogP contribution in [0.4, 0.5) is 0 Å². The van der Waals surface area contributed by atoms with Crippen LogP contribution in [0, 0.1) is 0 Å². The molecule has 0 spiro atoms. The number of hydrogen-bond donors (Lipinski definition) is 6. The second kappa shape index (κ2) is 12.4. The number of aromatic nitrogens is 8. The quantitative estimate of drug-likeness (QED) is 0.139. The standard InChI is InChI=1S/C32H18N8O12S4.H2O/c41-53(42,43)13-1-5-17-21(9-13)29-33-25(17)37-30-22-10-14(54(44,45)46)2-6-18(22)27(34-30)39-32-24-12-16(56(50,51)52)4-8-20(24)28(36-32)40-31-23-11-15(55(47,48)49)3-7-19(23)26(35-31)38-29;/h1-12H,(H,41,42,43)(H,44,45,46)(H,47,48,49)(H,50,51,52)(H2,33,34,35,36,37,38,39,40);1H2. The lowest BCUT2D eigenvalue weighted by Crippen LogP contribution is -1.98. The van der Waals surface area contributed by atoms with Crippen molar-refractivity contribution >= 4 is 84.6 Å². The molecule has 25 heteroatoms. The summed E-state index contributed by atoms with van der Waals surface area (Å²) in [6.07, 6.45) is 0. The van der Waals surface area contributed by atoms with Crippen molar-refractivity contribution in [3.8, 4) is 45.6 Å². The van der Waals surface area contributed by atoms with Gasteiger partial charge in [0.05, 0.1) is 19.6 Å². The Hall–Kier alpha value is -6.16. The highest BCUT2D eigenvalue weighted by Crippen LogP contribution is 2.39. The molecule has 4 aromatic carbocycles. The van der Waals surface area contributed by atoms with Crippen molar-refractivity contribution in [2.24, 2.45) is 0 Å². The monoisotopic (exact) mass is 852 g/mol. The minimum atomic E-state index is -4.74. The molecule has 0 atom stereocenters. The fourth-order valence-corrected chi connectivity index (χ4v) is 8.38. The van der Waals surface area contributed by atoms with Crippen LogP contribution < -0.4 is 0 Å². The van der Waals surface area contributed by atoms with Gasteiger partial charge in [0.1, 0.15) is 22.6 Å². The second-order valence-corrected chi connectivity index (χ2v) is 18.0. The Labute approximate surface area is 318 Å². The Morgan fingerprint density at radius 2 is 0.632 bits per heavy atom. The summed E-state index contributed by atoms with van der Waals surface area (Å²) in [5.74, 6) is -0.486. The number of H-pyrrole nitrogens is 2. The molecule has 0 saturated carbocycles. The number of benzene rings is 4. The van der Waals surface area contributed by atoms with Gasteiger partial charge < -0.3 is 15.4 Å². The molecule has 0 aliphatic carbocycles. The van der Waals surface area contributed by atoms with Gasteiger partial charge in [0.15, 0.2) is 23.3 Å². The molecule has 0 amide bonds. The average Bonchev–Trinajstić information content (AvgIpc) is 3.84. The van der Waals surface area contributed by atoms with E-state index in [1.54, 1.807) is 0 Å². The van der Waals surface area contributed by atoms with Crippen LogP contribution in [0.15, 0.2) is 92.4 Å². The van der Waals surface area contributed by atoms with Gasteiger partial charge in [-0.2, -0.15) is 33.7 Å². The number of aromatic amines is 2. The average molecular weight is 853 g/mol. The number of nitrogens with one attached hydrogen (secondary N) is 2. The van der Waals surface area contributed by atoms with Crippen LogP contribution in [-0.4, -0.2) is 97.2 Å². The molecule has 0 fully saturated rings. The lowest BCUT2D eigenvalue weighted by Gasteiger charge is -2.02. The molecule has 3 aromatic heterocycles. The van der Waals surface area contributed by atoms with E-state index in [2.05, 4.69) is 39.9 Å². The van der Waals surface area contributed by atoms with Gasteiger partial charge >= 0.3 is 0 Å². The molecule has 0 radical (unpaired) electrons.